The number of hydrogen-bond acceptors (Lipinski definition) is 3. The van der Waals surface area contributed by atoms with E-state index in [9.17, 15) is 9.18 Å². The molecule has 0 spiro atoms. The average molecular weight is 401 g/mol. The van der Waals surface area contributed by atoms with Crippen LogP contribution in [0.15, 0.2) is 42.6 Å². The van der Waals surface area contributed by atoms with Crippen LogP contribution < -0.4 is 0 Å². The van der Waals surface area contributed by atoms with Crippen molar-refractivity contribution in [3.8, 4) is 0 Å². The van der Waals surface area contributed by atoms with Crippen LogP contribution in [0, 0.1) is 5.82 Å². The van der Waals surface area contributed by atoms with Crippen LogP contribution in [0.5, 0.6) is 0 Å². The second kappa shape index (κ2) is 7.53. The summed E-state index contributed by atoms with van der Waals surface area (Å²) < 4.78 is 15.2. The lowest BCUT2D eigenvalue weighted by Gasteiger charge is -2.25. The summed E-state index contributed by atoms with van der Waals surface area (Å²) in [6.45, 7) is 1.48. The van der Waals surface area contributed by atoms with E-state index >= 15 is 0 Å². The van der Waals surface area contributed by atoms with Crippen molar-refractivity contribution in [3.63, 3.8) is 0 Å². The second-order valence-corrected chi connectivity index (χ2v) is 7.80. The zero-order valence-corrected chi connectivity index (χ0v) is 16.7. The fraction of sp³-hybridized carbons (Fsp3) is 0.333. The van der Waals surface area contributed by atoms with Gasteiger partial charge in [0.1, 0.15) is 11.5 Å². The number of aromatic nitrogens is 2. The van der Waals surface area contributed by atoms with Gasteiger partial charge >= 0.3 is 0 Å². The molecule has 3 heterocycles. The number of rotatable bonds is 4. The van der Waals surface area contributed by atoms with E-state index in [0.29, 0.717) is 22.9 Å². The summed E-state index contributed by atoms with van der Waals surface area (Å²) >= 11 is 6.20. The monoisotopic (exact) mass is 400 g/mol. The number of fused-ring (bicyclic) bond motifs is 1. The Bertz CT molecular complexity index is 1020. The van der Waals surface area contributed by atoms with E-state index in [-0.39, 0.29) is 17.8 Å². The molecule has 0 radical (unpaired) electrons. The number of halogens is 2. The number of benzene rings is 1. The fourth-order valence-corrected chi connectivity index (χ4v) is 4.03. The molecule has 0 saturated carbocycles. The second-order valence-electron chi connectivity index (χ2n) is 7.36. The molecular weight excluding hydrogens is 379 g/mol. The number of likely N-dealkylation sites (tertiary alicyclic amines) is 1. The van der Waals surface area contributed by atoms with Crippen molar-refractivity contribution >= 4 is 23.2 Å². The molecule has 0 N–H and O–H groups in total. The Labute approximate surface area is 168 Å². The van der Waals surface area contributed by atoms with Crippen molar-refractivity contribution in [2.24, 2.45) is 0 Å². The van der Waals surface area contributed by atoms with Crippen molar-refractivity contribution < 1.29 is 9.18 Å². The molecule has 1 aliphatic rings. The summed E-state index contributed by atoms with van der Waals surface area (Å²) in [5.74, 6) is -0.365. The van der Waals surface area contributed by atoms with Crippen LogP contribution in [-0.2, 0) is 6.54 Å². The Hall–Kier alpha value is -2.44. The van der Waals surface area contributed by atoms with Crippen LogP contribution >= 0.6 is 11.6 Å². The molecule has 1 aromatic carbocycles. The van der Waals surface area contributed by atoms with Gasteiger partial charge in [-0.2, -0.15) is 0 Å². The van der Waals surface area contributed by atoms with Crippen LogP contribution in [-0.4, -0.2) is 45.7 Å². The number of hydrogen-bond donors (Lipinski definition) is 0. The molecule has 1 saturated heterocycles. The first kappa shape index (κ1) is 18.9. The van der Waals surface area contributed by atoms with E-state index in [4.69, 9.17) is 11.6 Å². The van der Waals surface area contributed by atoms with Gasteiger partial charge in [0.25, 0.3) is 5.91 Å². The van der Waals surface area contributed by atoms with Crippen LogP contribution in [0.4, 0.5) is 4.39 Å². The van der Waals surface area contributed by atoms with Gasteiger partial charge in [0.15, 0.2) is 5.69 Å². The number of nitrogens with zero attached hydrogens (tertiary/aromatic N) is 4. The van der Waals surface area contributed by atoms with E-state index in [0.717, 1.165) is 30.6 Å². The van der Waals surface area contributed by atoms with Crippen molar-refractivity contribution in [2.75, 3.05) is 20.6 Å². The van der Waals surface area contributed by atoms with E-state index in [1.54, 1.807) is 26.4 Å². The van der Waals surface area contributed by atoms with Gasteiger partial charge in [-0.05, 0) is 49.2 Å². The first-order valence-corrected chi connectivity index (χ1v) is 9.69. The number of carbonyl (C=O) groups excluding carboxylic acids is 1. The van der Waals surface area contributed by atoms with Gasteiger partial charge in [0.05, 0.1) is 10.7 Å². The lowest BCUT2D eigenvalue weighted by molar-refractivity contribution is 0.0819. The first-order chi connectivity index (χ1) is 13.4. The minimum Gasteiger partial charge on any atom is -0.343 e. The Balaban J connectivity index is 1.73. The molecule has 146 valence electrons. The van der Waals surface area contributed by atoms with Gasteiger partial charge in [0.2, 0.25) is 0 Å². The first-order valence-electron chi connectivity index (χ1n) is 9.31. The van der Waals surface area contributed by atoms with Gasteiger partial charge < -0.3 is 9.30 Å². The van der Waals surface area contributed by atoms with Crippen molar-refractivity contribution in [1.82, 2.24) is 19.2 Å². The van der Waals surface area contributed by atoms with Crippen LogP contribution in [0.1, 0.15) is 40.6 Å². The van der Waals surface area contributed by atoms with E-state index < -0.39 is 0 Å². The molecule has 1 fully saturated rings. The smallest absolute Gasteiger partial charge is 0.273 e. The summed E-state index contributed by atoms with van der Waals surface area (Å²) in [6, 6.07) is 10.5. The summed E-state index contributed by atoms with van der Waals surface area (Å²) in [5, 5.41) is 0.589. The molecule has 2 aromatic heterocycles. The van der Waals surface area contributed by atoms with Crippen molar-refractivity contribution in [3.05, 3.63) is 70.4 Å². The average Bonchev–Trinajstić information content (AvgIpc) is 3.27. The highest BCUT2D eigenvalue weighted by atomic mass is 35.5. The summed E-state index contributed by atoms with van der Waals surface area (Å²) in [4.78, 5) is 21.2. The molecule has 7 heteroatoms. The Morgan fingerprint density at radius 1 is 1.25 bits per heavy atom. The zero-order valence-electron chi connectivity index (χ0n) is 15.9. The molecule has 0 aliphatic carbocycles. The standard InChI is InChI=1S/C21H22ClFN4O/c1-25(2)21(28)20-18(27-12-15(22)7-10-19(27)24-20)13-26-11-3-4-17(26)14-5-8-16(23)9-6-14/h5-10,12,17H,3-4,11,13H2,1-2H3. The normalized spacial score (nSPS) is 17.4. The van der Waals surface area contributed by atoms with Crippen LogP contribution in [0.3, 0.4) is 0 Å². The third kappa shape index (κ3) is 3.50. The Morgan fingerprint density at radius 3 is 2.71 bits per heavy atom. The Kier molecular flexibility index (Phi) is 5.08. The molecular formula is C21H22ClFN4O. The topological polar surface area (TPSA) is 40.9 Å². The summed E-state index contributed by atoms with van der Waals surface area (Å²) in [7, 11) is 3.44. The highest BCUT2D eigenvalue weighted by Crippen LogP contribution is 2.34. The maximum atomic E-state index is 13.3. The third-order valence-electron chi connectivity index (χ3n) is 5.26. The molecule has 1 aliphatic heterocycles. The van der Waals surface area contributed by atoms with Crippen molar-refractivity contribution in [2.45, 2.75) is 25.4 Å². The molecule has 1 unspecified atom stereocenters. The lowest BCUT2D eigenvalue weighted by atomic mass is 10.0. The molecule has 4 rings (SSSR count). The van der Waals surface area contributed by atoms with Crippen LogP contribution in [0.2, 0.25) is 5.02 Å². The highest BCUT2D eigenvalue weighted by molar-refractivity contribution is 6.30. The van der Waals surface area contributed by atoms with E-state index in [1.807, 2.05) is 22.6 Å². The molecule has 0 bridgehead atoms. The maximum absolute atomic E-state index is 13.3. The summed E-state index contributed by atoms with van der Waals surface area (Å²) in [6.07, 6.45) is 3.85. The van der Waals surface area contributed by atoms with E-state index in [1.165, 1.54) is 17.0 Å². The predicted molar refractivity (Wildman–Crippen MR) is 107 cm³/mol. The van der Waals surface area contributed by atoms with Gasteiger partial charge in [-0.1, -0.05) is 23.7 Å². The minimum atomic E-state index is -0.233. The van der Waals surface area contributed by atoms with Gasteiger partial charge in [-0.15, -0.1) is 0 Å². The zero-order chi connectivity index (χ0) is 19.8. The van der Waals surface area contributed by atoms with E-state index in [2.05, 4.69) is 9.88 Å². The molecule has 1 atom stereocenters. The van der Waals surface area contributed by atoms with Crippen LogP contribution in [0.25, 0.3) is 5.65 Å². The SMILES string of the molecule is CN(C)C(=O)c1nc2ccc(Cl)cn2c1CN1CCCC1c1ccc(F)cc1. The van der Waals surface area contributed by atoms with Gasteiger partial charge in [-0.3, -0.25) is 9.69 Å². The molecule has 1 amide bonds. The van der Waals surface area contributed by atoms with Gasteiger partial charge in [0, 0.05) is 32.9 Å². The molecule has 5 nitrogen and oxygen atoms in total. The molecule has 28 heavy (non-hydrogen) atoms. The fourth-order valence-electron chi connectivity index (χ4n) is 3.87. The van der Waals surface area contributed by atoms with Crippen molar-refractivity contribution in [1.29, 1.82) is 0 Å². The third-order valence-corrected chi connectivity index (χ3v) is 5.49. The maximum Gasteiger partial charge on any atom is 0.273 e. The largest absolute Gasteiger partial charge is 0.343 e. The number of imidazole rings is 1. The number of pyridine rings is 1. The predicted octanol–water partition coefficient (Wildman–Crippen LogP) is 4.17. The highest BCUT2D eigenvalue weighted by Gasteiger charge is 2.29. The number of carbonyl (C=O) groups is 1. The lowest BCUT2D eigenvalue weighted by Crippen LogP contribution is -2.27. The molecule has 3 aromatic rings. The number of amides is 1. The van der Waals surface area contributed by atoms with Gasteiger partial charge in [-0.25, -0.2) is 9.37 Å². The summed E-state index contributed by atoms with van der Waals surface area (Å²) in [5.41, 5.74) is 3.05. The minimum absolute atomic E-state index is 0.132. The quantitative estimate of drug-likeness (QED) is 0.660. The Morgan fingerprint density at radius 2 is 2.00 bits per heavy atom.